The van der Waals surface area contributed by atoms with Crippen molar-refractivity contribution in [2.45, 2.75) is 32.4 Å². The predicted molar refractivity (Wildman–Crippen MR) is 95.5 cm³/mol. The second kappa shape index (κ2) is 8.70. The minimum absolute atomic E-state index is 0.211. The van der Waals surface area contributed by atoms with Crippen LogP contribution in [0.15, 0.2) is 48.5 Å². The monoisotopic (exact) mass is 379 g/mol. The lowest BCUT2D eigenvalue weighted by molar-refractivity contribution is -0.138. The summed E-state index contributed by atoms with van der Waals surface area (Å²) >= 11 is 0. The maximum absolute atomic E-state index is 13.0. The van der Waals surface area contributed by atoms with Crippen LogP contribution in [0.1, 0.15) is 47.7 Å². The van der Waals surface area contributed by atoms with E-state index in [4.69, 9.17) is 4.74 Å². The van der Waals surface area contributed by atoms with E-state index in [1.165, 1.54) is 12.1 Å². The lowest BCUT2D eigenvalue weighted by Crippen LogP contribution is -2.23. The third-order valence-corrected chi connectivity index (χ3v) is 4.16. The fourth-order valence-corrected chi connectivity index (χ4v) is 2.56. The normalized spacial score (nSPS) is 12.3. The summed E-state index contributed by atoms with van der Waals surface area (Å²) in [4.78, 5) is 24.1. The molecule has 0 aromatic heterocycles. The molecule has 0 radical (unpaired) electrons. The number of benzene rings is 2. The predicted octanol–water partition coefficient (Wildman–Crippen LogP) is 5.01. The van der Waals surface area contributed by atoms with E-state index in [2.05, 4.69) is 5.32 Å². The van der Waals surface area contributed by atoms with E-state index in [1.807, 2.05) is 26.0 Å². The van der Waals surface area contributed by atoms with Gasteiger partial charge in [-0.1, -0.05) is 44.2 Å². The molecule has 0 spiro atoms. The van der Waals surface area contributed by atoms with Crippen LogP contribution < -0.4 is 5.32 Å². The van der Waals surface area contributed by atoms with Gasteiger partial charge < -0.3 is 10.1 Å². The Morgan fingerprint density at radius 2 is 1.70 bits per heavy atom. The number of hydrogen-bond donors (Lipinski definition) is 1. The van der Waals surface area contributed by atoms with Gasteiger partial charge in [-0.25, -0.2) is 4.79 Å². The summed E-state index contributed by atoms with van der Waals surface area (Å²) in [5, 5.41) is 2.64. The van der Waals surface area contributed by atoms with Crippen molar-refractivity contribution < 1.29 is 27.5 Å². The van der Waals surface area contributed by atoms with Gasteiger partial charge in [-0.2, -0.15) is 13.2 Å². The topological polar surface area (TPSA) is 55.4 Å². The van der Waals surface area contributed by atoms with Crippen molar-refractivity contribution in [2.75, 3.05) is 11.9 Å². The van der Waals surface area contributed by atoms with E-state index >= 15 is 0 Å². The number of halogens is 3. The fraction of sp³-hybridized carbons (Fsp3) is 0.300. The molecule has 0 heterocycles. The molecule has 0 saturated heterocycles. The largest absolute Gasteiger partial charge is 0.452 e. The third-order valence-electron chi connectivity index (χ3n) is 4.16. The number of anilines is 1. The molecule has 1 atom stereocenters. The molecule has 1 amide bonds. The highest BCUT2D eigenvalue weighted by Gasteiger charge is 2.35. The van der Waals surface area contributed by atoms with E-state index in [1.54, 1.807) is 12.1 Å². The van der Waals surface area contributed by atoms with Crippen molar-refractivity contribution in [1.29, 1.82) is 0 Å². The van der Waals surface area contributed by atoms with Gasteiger partial charge in [0, 0.05) is 5.69 Å². The second-order valence-electron chi connectivity index (χ2n) is 6.06. The van der Waals surface area contributed by atoms with Gasteiger partial charge in [0.05, 0.1) is 11.1 Å². The van der Waals surface area contributed by atoms with E-state index in [-0.39, 0.29) is 5.92 Å². The number of para-hydroxylation sites is 1. The van der Waals surface area contributed by atoms with Crippen LogP contribution in [0.2, 0.25) is 0 Å². The van der Waals surface area contributed by atoms with Crippen LogP contribution >= 0.6 is 0 Å². The third kappa shape index (κ3) is 5.32. The molecule has 4 nitrogen and oxygen atoms in total. The highest BCUT2D eigenvalue weighted by atomic mass is 19.4. The number of ether oxygens (including phenoxy) is 1. The SMILES string of the molecule is CC[C@H](C)c1ccccc1NC(=O)COC(=O)c1ccccc1C(F)(F)F. The van der Waals surface area contributed by atoms with E-state index in [0.717, 1.165) is 24.1 Å². The molecule has 2 aromatic rings. The molecule has 27 heavy (non-hydrogen) atoms. The number of esters is 1. The van der Waals surface area contributed by atoms with Crippen molar-refractivity contribution >= 4 is 17.6 Å². The molecule has 2 aromatic carbocycles. The van der Waals surface area contributed by atoms with Crippen LogP contribution in [0.4, 0.5) is 18.9 Å². The maximum atomic E-state index is 13.0. The first kappa shape index (κ1) is 20.5. The summed E-state index contributed by atoms with van der Waals surface area (Å²) in [6, 6.07) is 11.5. The van der Waals surface area contributed by atoms with Gasteiger partial charge in [0.1, 0.15) is 0 Å². The number of rotatable bonds is 6. The lowest BCUT2D eigenvalue weighted by Gasteiger charge is -2.16. The Kier molecular flexibility index (Phi) is 6.60. The number of nitrogens with one attached hydrogen (secondary N) is 1. The van der Waals surface area contributed by atoms with Crippen LogP contribution in [-0.2, 0) is 15.7 Å². The number of hydrogen-bond acceptors (Lipinski definition) is 3. The zero-order valence-electron chi connectivity index (χ0n) is 15.0. The van der Waals surface area contributed by atoms with E-state index in [0.29, 0.717) is 5.69 Å². The first-order valence-corrected chi connectivity index (χ1v) is 8.46. The average molecular weight is 379 g/mol. The van der Waals surface area contributed by atoms with Gasteiger partial charge in [-0.3, -0.25) is 4.79 Å². The molecule has 0 bridgehead atoms. The maximum Gasteiger partial charge on any atom is 0.417 e. The molecule has 0 unspecified atom stereocenters. The van der Waals surface area contributed by atoms with Crippen LogP contribution in [0.5, 0.6) is 0 Å². The smallest absolute Gasteiger partial charge is 0.417 e. The Balaban J connectivity index is 2.04. The zero-order valence-corrected chi connectivity index (χ0v) is 15.0. The minimum Gasteiger partial charge on any atom is -0.452 e. The Bertz CT molecular complexity index is 818. The summed E-state index contributed by atoms with van der Waals surface area (Å²) in [5.41, 5.74) is -0.207. The molecule has 0 aliphatic carbocycles. The first-order chi connectivity index (χ1) is 12.7. The van der Waals surface area contributed by atoms with Gasteiger partial charge >= 0.3 is 12.1 Å². The molecule has 0 aliphatic rings. The van der Waals surface area contributed by atoms with Gasteiger partial charge in [0.2, 0.25) is 0 Å². The second-order valence-corrected chi connectivity index (χ2v) is 6.06. The summed E-state index contributed by atoms with van der Waals surface area (Å²) in [6.45, 7) is 3.35. The average Bonchev–Trinajstić information content (AvgIpc) is 2.65. The molecule has 2 rings (SSSR count). The number of amides is 1. The number of carbonyl (C=O) groups excluding carboxylic acids is 2. The van der Waals surface area contributed by atoms with Crippen molar-refractivity contribution in [3.8, 4) is 0 Å². The van der Waals surface area contributed by atoms with Crippen LogP contribution in [0, 0.1) is 0 Å². The number of carbonyl (C=O) groups is 2. The van der Waals surface area contributed by atoms with Gasteiger partial charge in [-0.15, -0.1) is 0 Å². The van der Waals surface area contributed by atoms with Crippen molar-refractivity contribution in [2.24, 2.45) is 0 Å². The Labute approximate surface area is 155 Å². The minimum atomic E-state index is -4.69. The molecule has 144 valence electrons. The van der Waals surface area contributed by atoms with E-state index < -0.39 is 35.8 Å². The standard InChI is InChI=1S/C20H20F3NO3/c1-3-13(2)14-8-5-7-11-17(14)24-18(25)12-27-19(26)15-9-4-6-10-16(15)20(21,22)23/h4-11,13H,3,12H2,1-2H3,(H,24,25)/t13-/m0/s1. The van der Waals surface area contributed by atoms with Crippen molar-refractivity contribution in [3.05, 3.63) is 65.2 Å². The summed E-state index contributed by atoms with van der Waals surface area (Å²) < 4.78 is 43.7. The van der Waals surface area contributed by atoms with Crippen molar-refractivity contribution in [3.63, 3.8) is 0 Å². The zero-order chi connectivity index (χ0) is 20.0. The van der Waals surface area contributed by atoms with E-state index in [9.17, 15) is 22.8 Å². The van der Waals surface area contributed by atoms with Crippen LogP contribution in [0.25, 0.3) is 0 Å². The van der Waals surface area contributed by atoms with Crippen LogP contribution in [0.3, 0.4) is 0 Å². The molecule has 0 fully saturated rings. The lowest BCUT2D eigenvalue weighted by atomic mass is 9.97. The summed E-state index contributed by atoms with van der Waals surface area (Å²) in [6.07, 6.45) is -3.82. The Morgan fingerprint density at radius 3 is 2.37 bits per heavy atom. The molecule has 0 aliphatic heterocycles. The molecule has 1 N–H and O–H groups in total. The summed E-state index contributed by atoms with van der Waals surface area (Å²) in [7, 11) is 0. The van der Waals surface area contributed by atoms with Gasteiger partial charge in [0.15, 0.2) is 6.61 Å². The highest BCUT2D eigenvalue weighted by Crippen LogP contribution is 2.32. The Morgan fingerprint density at radius 1 is 1.07 bits per heavy atom. The quantitative estimate of drug-likeness (QED) is 0.718. The summed E-state index contributed by atoms with van der Waals surface area (Å²) in [5.74, 6) is -1.61. The van der Waals surface area contributed by atoms with Gasteiger partial charge in [-0.05, 0) is 36.1 Å². The Hall–Kier alpha value is -2.83. The van der Waals surface area contributed by atoms with Crippen LogP contribution in [-0.4, -0.2) is 18.5 Å². The highest BCUT2D eigenvalue weighted by molar-refractivity contribution is 5.96. The molecular weight excluding hydrogens is 359 g/mol. The molecule has 0 saturated carbocycles. The van der Waals surface area contributed by atoms with Crippen molar-refractivity contribution in [1.82, 2.24) is 0 Å². The first-order valence-electron chi connectivity index (χ1n) is 8.46. The fourth-order valence-electron chi connectivity index (χ4n) is 2.56. The van der Waals surface area contributed by atoms with Gasteiger partial charge in [0.25, 0.3) is 5.91 Å². The number of alkyl halides is 3. The molecular formula is C20H20F3NO3. The molecule has 7 heteroatoms.